The molecule has 0 bridgehead atoms. The average molecular weight is 410 g/mol. The van der Waals surface area contributed by atoms with Crippen molar-refractivity contribution in [1.29, 1.82) is 0 Å². The molecule has 3 aromatic rings. The maximum atomic E-state index is 12.0. The van der Waals surface area contributed by atoms with E-state index in [2.05, 4.69) is 41.8 Å². The highest BCUT2D eigenvalue weighted by molar-refractivity contribution is 9.11. The van der Waals surface area contributed by atoms with E-state index >= 15 is 0 Å². The van der Waals surface area contributed by atoms with Gasteiger partial charge < -0.3 is 9.72 Å². The summed E-state index contributed by atoms with van der Waals surface area (Å²) in [5.41, 5.74) is 1.23. The molecule has 0 saturated heterocycles. The van der Waals surface area contributed by atoms with E-state index in [0.29, 0.717) is 17.0 Å². The first-order valence-corrected chi connectivity index (χ1v) is 7.77. The van der Waals surface area contributed by atoms with Crippen molar-refractivity contribution in [1.82, 2.24) is 9.97 Å². The minimum atomic E-state index is -0.112. The molecular formula is C15H10Br2N2O2. The lowest BCUT2D eigenvalue weighted by atomic mass is 10.2. The summed E-state index contributed by atoms with van der Waals surface area (Å²) in [6.45, 7) is -0.0492. The van der Waals surface area contributed by atoms with Crippen molar-refractivity contribution in [3.63, 3.8) is 0 Å². The van der Waals surface area contributed by atoms with Crippen molar-refractivity contribution >= 4 is 48.5 Å². The van der Waals surface area contributed by atoms with Crippen molar-refractivity contribution < 1.29 is 9.53 Å². The van der Waals surface area contributed by atoms with Gasteiger partial charge in [-0.05, 0) is 40.2 Å². The Balaban J connectivity index is 1.92. The molecule has 3 rings (SSSR count). The first kappa shape index (κ1) is 14.3. The van der Waals surface area contributed by atoms with Gasteiger partial charge in [0.15, 0.2) is 12.4 Å². The number of fused-ring (bicyclic) bond motifs is 1. The predicted octanol–water partition coefficient (Wildman–Crippen LogP) is 4.35. The predicted molar refractivity (Wildman–Crippen MR) is 87.8 cm³/mol. The lowest BCUT2D eigenvalue weighted by Gasteiger charge is -2.11. The summed E-state index contributed by atoms with van der Waals surface area (Å²) in [7, 11) is 0. The van der Waals surface area contributed by atoms with Gasteiger partial charge in [-0.15, -0.1) is 0 Å². The second-order valence-corrected chi connectivity index (χ2v) is 6.07. The minimum absolute atomic E-state index is 0.0492. The minimum Gasteiger partial charge on any atom is -0.482 e. The van der Waals surface area contributed by atoms with Gasteiger partial charge in [0.1, 0.15) is 5.52 Å². The summed E-state index contributed by atoms with van der Waals surface area (Å²) in [6, 6.07) is 9.18. The Labute approximate surface area is 137 Å². The Hall–Kier alpha value is -1.66. The number of hydrogen-bond donors (Lipinski definition) is 1. The molecule has 2 aromatic heterocycles. The molecule has 6 heteroatoms. The third kappa shape index (κ3) is 2.87. The fourth-order valence-electron chi connectivity index (χ4n) is 2.00. The number of ether oxygens (including phenoxy) is 1. The smallest absolute Gasteiger partial charge is 0.216 e. The molecule has 0 saturated carbocycles. The lowest BCUT2D eigenvalue weighted by Crippen LogP contribution is -2.12. The normalized spacial score (nSPS) is 10.8. The van der Waals surface area contributed by atoms with Gasteiger partial charge in [-0.1, -0.05) is 22.0 Å². The molecular weight excluding hydrogens is 400 g/mol. The summed E-state index contributed by atoms with van der Waals surface area (Å²) in [4.78, 5) is 19.2. The van der Waals surface area contributed by atoms with Gasteiger partial charge in [-0.25, -0.2) is 0 Å². The van der Waals surface area contributed by atoms with E-state index in [1.165, 1.54) is 0 Å². The molecule has 1 N–H and O–H groups in total. The van der Waals surface area contributed by atoms with Crippen LogP contribution in [0.2, 0.25) is 0 Å². The topological polar surface area (TPSA) is 55.0 Å². The Morgan fingerprint density at radius 2 is 2.10 bits per heavy atom. The number of aromatic amines is 1. The maximum absolute atomic E-state index is 12.0. The van der Waals surface area contributed by atoms with Gasteiger partial charge in [-0.3, -0.25) is 9.78 Å². The van der Waals surface area contributed by atoms with E-state index in [0.717, 1.165) is 14.3 Å². The molecule has 0 amide bonds. The Kier molecular flexibility index (Phi) is 4.07. The van der Waals surface area contributed by atoms with E-state index in [1.807, 2.05) is 18.2 Å². The van der Waals surface area contributed by atoms with Crippen molar-refractivity contribution in [2.24, 2.45) is 0 Å². The van der Waals surface area contributed by atoms with Crippen molar-refractivity contribution in [2.45, 2.75) is 0 Å². The fourth-order valence-corrected chi connectivity index (χ4v) is 3.39. The molecule has 21 heavy (non-hydrogen) atoms. The summed E-state index contributed by atoms with van der Waals surface area (Å²) in [5, 5.41) is 0.933. The van der Waals surface area contributed by atoms with Crippen LogP contribution in [0.1, 0.15) is 10.5 Å². The van der Waals surface area contributed by atoms with Crippen molar-refractivity contribution in [3.8, 4) is 5.75 Å². The molecule has 0 unspecified atom stereocenters. The lowest BCUT2D eigenvalue weighted by molar-refractivity contribution is 0.0917. The van der Waals surface area contributed by atoms with Gasteiger partial charge in [0.25, 0.3) is 0 Å². The number of Topliss-reactive ketones (excluding diaryl/α,β-unsaturated/α-hetero) is 1. The zero-order valence-corrected chi connectivity index (χ0v) is 13.9. The van der Waals surface area contributed by atoms with Crippen LogP contribution in [0.3, 0.4) is 0 Å². The molecule has 4 nitrogen and oxygen atoms in total. The zero-order valence-electron chi connectivity index (χ0n) is 10.8. The number of aromatic nitrogens is 2. The second-order valence-electron chi connectivity index (χ2n) is 4.36. The largest absolute Gasteiger partial charge is 0.482 e. The number of halogens is 2. The summed E-state index contributed by atoms with van der Waals surface area (Å²) in [6.07, 6.45) is 3.40. The monoisotopic (exact) mass is 408 g/mol. The molecule has 0 aliphatic rings. The first-order valence-electron chi connectivity index (χ1n) is 6.19. The molecule has 1 aromatic carbocycles. The number of carbonyl (C=O) groups is 1. The molecule has 0 aliphatic heterocycles. The third-order valence-electron chi connectivity index (χ3n) is 3.00. The quantitative estimate of drug-likeness (QED) is 0.651. The Morgan fingerprint density at radius 3 is 2.86 bits per heavy atom. The van der Waals surface area contributed by atoms with Crippen LogP contribution in [0.15, 0.2) is 51.7 Å². The van der Waals surface area contributed by atoms with E-state index in [1.54, 1.807) is 24.5 Å². The number of nitrogens with zero attached hydrogens (tertiary/aromatic N) is 1. The summed E-state index contributed by atoms with van der Waals surface area (Å²) >= 11 is 6.95. The standard InChI is InChI=1S/C15H10Br2N2O2/c16-10-7-11(17)15(14-9(10)3-1-6-19-14)21-8-13(20)12-4-2-5-18-12/h1-7,18H,8H2. The molecule has 0 aliphatic carbocycles. The molecule has 0 atom stereocenters. The van der Waals surface area contributed by atoms with Crippen LogP contribution in [-0.2, 0) is 0 Å². The van der Waals surface area contributed by atoms with Gasteiger partial charge in [0.2, 0.25) is 5.78 Å². The molecule has 0 fully saturated rings. The fraction of sp³-hybridized carbons (Fsp3) is 0.0667. The van der Waals surface area contributed by atoms with E-state index in [-0.39, 0.29) is 12.4 Å². The maximum Gasteiger partial charge on any atom is 0.216 e. The number of ketones is 1. The van der Waals surface area contributed by atoms with Crippen LogP contribution < -0.4 is 4.74 Å². The molecule has 106 valence electrons. The van der Waals surface area contributed by atoms with Crippen molar-refractivity contribution in [3.05, 3.63) is 57.4 Å². The molecule has 0 radical (unpaired) electrons. The van der Waals surface area contributed by atoms with Gasteiger partial charge in [0.05, 0.1) is 10.2 Å². The van der Waals surface area contributed by atoms with Crippen LogP contribution in [0.25, 0.3) is 10.9 Å². The Morgan fingerprint density at radius 1 is 1.24 bits per heavy atom. The van der Waals surface area contributed by atoms with Crippen molar-refractivity contribution in [2.75, 3.05) is 6.61 Å². The number of nitrogens with one attached hydrogen (secondary N) is 1. The van der Waals surface area contributed by atoms with E-state index in [4.69, 9.17) is 4.74 Å². The SMILES string of the molecule is O=C(COc1c(Br)cc(Br)c2cccnc12)c1ccc[nH]1. The van der Waals surface area contributed by atoms with Crippen LogP contribution in [0, 0.1) is 0 Å². The highest BCUT2D eigenvalue weighted by Crippen LogP contribution is 2.37. The van der Waals surface area contributed by atoms with E-state index in [9.17, 15) is 4.79 Å². The summed E-state index contributed by atoms with van der Waals surface area (Å²) < 4.78 is 7.36. The van der Waals surface area contributed by atoms with Gasteiger partial charge >= 0.3 is 0 Å². The number of pyridine rings is 1. The summed E-state index contributed by atoms with van der Waals surface area (Å²) in [5.74, 6) is 0.451. The van der Waals surface area contributed by atoms with Crippen LogP contribution in [-0.4, -0.2) is 22.4 Å². The van der Waals surface area contributed by atoms with Crippen LogP contribution in [0.5, 0.6) is 5.75 Å². The van der Waals surface area contributed by atoms with E-state index < -0.39 is 0 Å². The number of H-pyrrole nitrogens is 1. The number of benzene rings is 1. The number of carbonyl (C=O) groups excluding carboxylic acids is 1. The van der Waals surface area contributed by atoms with Crippen LogP contribution >= 0.6 is 31.9 Å². The second kappa shape index (κ2) is 5.99. The molecule has 0 spiro atoms. The number of hydrogen-bond acceptors (Lipinski definition) is 3. The number of rotatable bonds is 4. The zero-order chi connectivity index (χ0) is 14.8. The Bertz CT molecular complexity index is 801. The molecule has 2 heterocycles. The van der Waals surface area contributed by atoms with Gasteiger partial charge in [-0.2, -0.15) is 0 Å². The third-order valence-corrected chi connectivity index (χ3v) is 4.24. The average Bonchev–Trinajstić information content (AvgIpc) is 3.01. The first-order chi connectivity index (χ1) is 10.2. The highest BCUT2D eigenvalue weighted by Gasteiger charge is 2.14. The van der Waals surface area contributed by atoms with Gasteiger partial charge in [0, 0.05) is 22.3 Å². The highest BCUT2D eigenvalue weighted by atomic mass is 79.9. The van der Waals surface area contributed by atoms with Crippen LogP contribution in [0.4, 0.5) is 0 Å².